The van der Waals surface area contributed by atoms with Crippen molar-refractivity contribution in [2.75, 3.05) is 25.6 Å². The Bertz CT molecular complexity index is 652. The number of nitrogens with zero attached hydrogens (tertiary/aromatic N) is 1. The minimum absolute atomic E-state index is 0.109. The number of aromatic nitrogens is 1. The molecule has 0 saturated carbocycles. The molecule has 1 unspecified atom stereocenters. The second-order valence-corrected chi connectivity index (χ2v) is 4.99. The molecule has 96 valence electrons. The van der Waals surface area contributed by atoms with Crippen LogP contribution in [0.2, 0.25) is 0 Å². The summed E-state index contributed by atoms with van der Waals surface area (Å²) in [6, 6.07) is 10.4. The Morgan fingerprint density at radius 2 is 2.21 bits per heavy atom. The van der Waals surface area contributed by atoms with Crippen molar-refractivity contribution in [2.45, 2.75) is 5.41 Å². The largest absolute Gasteiger partial charge is 0.490 e. The number of hydrogen-bond donors (Lipinski definition) is 1. The molecule has 0 bridgehead atoms. The summed E-state index contributed by atoms with van der Waals surface area (Å²) in [5.41, 5.74) is 3.54. The lowest BCUT2D eigenvalue weighted by atomic mass is 9.78. The van der Waals surface area contributed by atoms with E-state index in [0.717, 1.165) is 17.9 Å². The first-order chi connectivity index (χ1) is 9.33. The number of nitrogens with one attached hydrogen (secondary N) is 1. The van der Waals surface area contributed by atoms with Gasteiger partial charge in [0, 0.05) is 23.9 Å². The van der Waals surface area contributed by atoms with Crippen molar-refractivity contribution >= 4 is 5.69 Å². The highest BCUT2D eigenvalue weighted by molar-refractivity contribution is 5.67. The molecule has 2 aliphatic heterocycles. The Kier molecular flexibility index (Phi) is 2.04. The number of anilines is 1. The van der Waals surface area contributed by atoms with Gasteiger partial charge in [0.2, 0.25) is 5.88 Å². The molecule has 0 radical (unpaired) electrons. The van der Waals surface area contributed by atoms with Crippen molar-refractivity contribution in [3.63, 3.8) is 0 Å². The van der Waals surface area contributed by atoms with Gasteiger partial charge in [-0.3, -0.25) is 0 Å². The summed E-state index contributed by atoms with van der Waals surface area (Å²) in [6.45, 7) is 1.51. The van der Waals surface area contributed by atoms with Crippen molar-refractivity contribution in [3.05, 3.63) is 47.7 Å². The predicted octanol–water partition coefficient (Wildman–Crippen LogP) is 2.19. The monoisotopic (exact) mass is 254 g/mol. The second kappa shape index (κ2) is 3.63. The molecule has 4 heteroatoms. The van der Waals surface area contributed by atoms with Crippen LogP contribution in [0.5, 0.6) is 11.6 Å². The lowest BCUT2D eigenvalue weighted by molar-refractivity contribution is 0.302. The van der Waals surface area contributed by atoms with Gasteiger partial charge in [-0.25, -0.2) is 4.98 Å². The van der Waals surface area contributed by atoms with E-state index in [2.05, 4.69) is 34.6 Å². The van der Waals surface area contributed by atoms with E-state index in [-0.39, 0.29) is 5.41 Å². The molecule has 4 nitrogen and oxygen atoms in total. The van der Waals surface area contributed by atoms with Crippen LogP contribution in [0.1, 0.15) is 11.1 Å². The molecule has 1 N–H and O–H groups in total. The number of ether oxygens (including phenoxy) is 2. The number of pyridine rings is 1. The van der Waals surface area contributed by atoms with Gasteiger partial charge in [-0.1, -0.05) is 18.2 Å². The summed E-state index contributed by atoms with van der Waals surface area (Å²) in [5.74, 6) is 1.49. The fourth-order valence-electron chi connectivity index (χ4n) is 3.07. The summed E-state index contributed by atoms with van der Waals surface area (Å²) >= 11 is 0. The van der Waals surface area contributed by atoms with Gasteiger partial charge in [0.25, 0.3) is 0 Å². The van der Waals surface area contributed by atoms with E-state index in [0.29, 0.717) is 12.5 Å². The molecule has 0 fully saturated rings. The molecule has 3 heterocycles. The molecular weight excluding hydrogens is 240 g/mol. The van der Waals surface area contributed by atoms with Crippen LogP contribution < -0.4 is 14.8 Å². The van der Waals surface area contributed by atoms with E-state index in [9.17, 15) is 0 Å². The van der Waals surface area contributed by atoms with Crippen molar-refractivity contribution in [3.8, 4) is 11.6 Å². The molecule has 0 saturated heterocycles. The predicted molar refractivity (Wildman–Crippen MR) is 72.0 cm³/mol. The quantitative estimate of drug-likeness (QED) is 0.847. The standard InChI is InChI=1S/C15H14N2O2/c1-18-14-6-11-13(7-16-14)19-9-15(11)8-17-12-5-3-2-4-10(12)15/h2-7,17H,8-9H2,1H3. The lowest BCUT2D eigenvalue weighted by Crippen LogP contribution is -2.31. The van der Waals surface area contributed by atoms with Gasteiger partial charge >= 0.3 is 0 Å². The average Bonchev–Trinajstić information content (AvgIpc) is 3.03. The summed E-state index contributed by atoms with van der Waals surface area (Å²) in [5, 5.41) is 3.47. The highest BCUT2D eigenvalue weighted by atomic mass is 16.5. The van der Waals surface area contributed by atoms with Gasteiger partial charge in [-0.2, -0.15) is 0 Å². The molecule has 4 rings (SSSR count). The van der Waals surface area contributed by atoms with Crippen molar-refractivity contribution in [1.82, 2.24) is 4.98 Å². The van der Waals surface area contributed by atoms with Gasteiger partial charge < -0.3 is 14.8 Å². The van der Waals surface area contributed by atoms with Crippen LogP contribution in [0.4, 0.5) is 5.69 Å². The first-order valence-corrected chi connectivity index (χ1v) is 6.34. The van der Waals surface area contributed by atoms with E-state index in [4.69, 9.17) is 9.47 Å². The zero-order valence-corrected chi connectivity index (χ0v) is 10.6. The fraction of sp³-hybridized carbons (Fsp3) is 0.267. The van der Waals surface area contributed by atoms with Gasteiger partial charge in [0.1, 0.15) is 12.4 Å². The minimum atomic E-state index is -0.109. The number of fused-ring (bicyclic) bond motifs is 4. The molecule has 1 atom stereocenters. The SMILES string of the molecule is COc1cc2c(cn1)OCC21CNc2ccccc21. The summed E-state index contributed by atoms with van der Waals surface area (Å²) in [7, 11) is 1.64. The van der Waals surface area contributed by atoms with Gasteiger partial charge in [0.05, 0.1) is 18.7 Å². The van der Waals surface area contributed by atoms with E-state index < -0.39 is 0 Å². The summed E-state index contributed by atoms with van der Waals surface area (Å²) < 4.78 is 11.1. The van der Waals surface area contributed by atoms with Crippen LogP contribution >= 0.6 is 0 Å². The Balaban J connectivity index is 1.93. The number of rotatable bonds is 1. The normalized spacial score (nSPS) is 22.6. The minimum Gasteiger partial charge on any atom is -0.490 e. The smallest absolute Gasteiger partial charge is 0.213 e. The van der Waals surface area contributed by atoms with E-state index in [1.54, 1.807) is 13.3 Å². The van der Waals surface area contributed by atoms with Crippen LogP contribution in [0.3, 0.4) is 0 Å². The third-order valence-electron chi connectivity index (χ3n) is 4.06. The summed E-state index contributed by atoms with van der Waals surface area (Å²) in [4.78, 5) is 4.21. The number of para-hydroxylation sites is 1. The first kappa shape index (κ1) is 10.7. The van der Waals surface area contributed by atoms with Crippen molar-refractivity contribution in [2.24, 2.45) is 0 Å². The van der Waals surface area contributed by atoms with Crippen LogP contribution in [0, 0.1) is 0 Å². The molecule has 2 aromatic rings. The molecule has 1 aromatic heterocycles. The van der Waals surface area contributed by atoms with Crippen LogP contribution in [0.25, 0.3) is 0 Å². The maximum Gasteiger partial charge on any atom is 0.213 e. The average molecular weight is 254 g/mol. The van der Waals surface area contributed by atoms with Crippen LogP contribution in [0.15, 0.2) is 36.5 Å². The van der Waals surface area contributed by atoms with E-state index >= 15 is 0 Å². The highest BCUT2D eigenvalue weighted by Gasteiger charge is 2.47. The lowest BCUT2D eigenvalue weighted by Gasteiger charge is -2.22. The van der Waals surface area contributed by atoms with Crippen molar-refractivity contribution < 1.29 is 9.47 Å². The molecule has 1 aromatic carbocycles. The maximum absolute atomic E-state index is 5.83. The Hall–Kier alpha value is -2.23. The molecule has 0 aliphatic carbocycles. The highest BCUT2D eigenvalue weighted by Crippen LogP contribution is 2.49. The third kappa shape index (κ3) is 1.31. The van der Waals surface area contributed by atoms with Gasteiger partial charge in [-0.15, -0.1) is 0 Å². The van der Waals surface area contributed by atoms with Gasteiger partial charge in [0.15, 0.2) is 0 Å². The number of methoxy groups -OCH3 is 1. The Labute approximate surface area is 111 Å². The van der Waals surface area contributed by atoms with E-state index in [1.807, 2.05) is 6.07 Å². The first-order valence-electron chi connectivity index (χ1n) is 6.34. The number of hydrogen-bond acceptors (Lipinski definition) is 4. The number of benzene rings is 1. The second-order valence-electron chi connectivity index (χ2n) is 4.99. The van der Waals surface area contributed by atoms with Crippen molar-refractivity contribution in [1.29, 1.82) is 0 Å². The molecule has 1 spiro atoms. The third-order valence-corrected chi connectivity index (χ3v) is 4.06. The molecule has 19 heavy (non-hydrogen) atoms. The topological polar surface area (TPSA) is 43.4 Å². The summed E-state index contributed by atoms with van der Waals surface area (Å²) in [6.07, 6.45) is 1.75. The Morgan fingerprint density at radius 3 is 3.11 bits per heavy atom. The molecule has 0 amide bonds. The molecular formula is C15H14N2O2. The molecule has 2 aliphatic rings. The zero-order valence-electron chi connectivity index (χ0n) is 10.6. The zero-order chi connectivity index (χ0) is 12.9. The Morgan fingerprint density at radius 1 is 1.32 bits per heavy atom. The fourth-order valence-corrected chi connectivity index (χ4v) is 3.07. The van der Waals surface area contributed by atoms with Gasteiger partial charge in [-0.05, 0) is 11.6 Å². The van der Waals surface area contributed by atoms with E-state index in [1.165, 1.54) is 11.3 Å². The maximum atomic E-state index is 5.83. The van der Waals surface area contributed by atoms with Crippen LogP contribution in [-0.2, 0) is 5.41 Å². The van der Waals surface area contributed by atoms with Crippen LogP contribution in [-0.4, -0.2) is 25.2 Å².